The maximum atomic E-state index is 5.13. The van der Waals surface area contributed by atoms with Gasteiger partial charge in [-0.25, -0.2) is 4.98 Å². The van der Waals surface area contributed by atoms with Crippen molar-refractivity contribution < 1.29 is 9.47 Å². The molecule has 0 saturated heterocycles. The number of hydrogen-bond acceptors (Lipinski definition) is 6. The summed E-state index contributed by atoms with van der Waals surface area (Å²) in [6.07, 6.45) is 4.58. The highest BCUT2D eigenvalue weighted by atomic mass is 16.5. The van der Waals surface area contributed by atoms with Crippen LogP contribution in [-0.4, -0.2) is 57.5 Å². The number of aromatic nitrogens is 2. The van der Waals surface area contributed by atoms with E-state index in [0.717, 1.165) is 44.2 Å². The van der Waals surface area contributed by atoms with E-state index in [0.29, 0.717) is 6.61 Å². The fraction of sp³-hybridized carbons (Fsp3) is 0.692. The molecule has 0 saturated carbocycles. The van der Waals surface area contributed by atoms with Gasteiger partial charge in [0.15, 0.2) is 0 Å². The van der Waals surface area contributed by atoms with E-state index in [9.17, 15) is 0 Å². The lowest BCUT2D eigenvalue weighted by Crippen LogP contribution is -2.30. The molecule has 1 aromatic heterocycles. The second-order valence-corrected chi connectivity index (χ2v) is 4.22. The Balaban J connectivity index is 2.60. The molecule has 1 heterocycles. The van der Waals surface area contributed by atoms with Crippen molar-refractivity contribution >= 4 is 5.82 Å². The maximum absolute atomic E-state index is 5.13. The molecule has 0 atom stereocenters. The topological polar surface area (TPSA) is 59.5 Å². The third kappa shape index (κ3) is 5.96. The Kier molecular flexibility index (Phi) is 8.04. The molecule has 1 N–H and O–H groups in total. The van der Waals surface area contributed by atoms with E-state index in [1.165, 1.54) is 0 Å². The molecule has 1 rings (SSSR count). The van der Waals surface area contributed by atoms with Gasteiger partial charge >= 0.3 is 0 Å². The quantitative estimate of drug-likeness (QED) is 0.630. The molecule has 0 amide bonds. The predicted octanol–water partition coefficient (Wildman–Crippen LogP) is 0.685. The lowest BCUT2D eigenvalue weighted by molar-refractivity contribution is 0.191. The number of ether oxygens (including phenoxy) is 2. The zero-order valence-corrected chi connectivity index (χ0v) is 12.1. The van der Waals surface area contributed by atoms with Gasteiger partial charge in [0.05, 0.1) is 24.7 Å². The fourth-order valence-electron chi connectivity index (χ4n) is 1.73. The number of nitrogens with one attached hydrogen (secondary N) is 1. The first-order valence-electron chi connectivity index (χ1n) is 6.50. The number of nitrogens with zero attached hydrogens (tertiary/aromatic N) is 3. The molecule has 0 aliphatic rings. The first kappa shape index (κ1) is 15.8. The van der Waals surface area contributed by atoms with Crippen molar-refractivity contribution in [2.24, 2.45) is 0 Å². The minimum atomic E-state index is 0.674. The van der Waals surface area contributed by atoms with Gasteiger partial charge in [0.2, 0.25) is 0 Å². The Morgan fingerprint density at radius 2 is 1.89 bits per heavy atom. The highest BCUT2D eigenvalue weighted by Gasteiger charge is 2.08. The van der Waals surface area contributed by atoms with Gasteiger partial charge in [0, 0.05) is 40.5 Å². The Morgan fingerprint density at radius 3 is 2.47 bits per heavy atom. The number of rotatable bonds is 10. The Morgan fingerprint density at radius 1 is 1.11 bits per heavy atom. The van der Waals surface area contributed by atoms with Gasteiger partial charge in [-0.15, -0.1) is 0 Å². The molecule has 0 spiro atoms. The van der Waals surface area contributed by atoms with E-state index in [-0.39, 0.29) is 0 Å². The largest absolute Gasteiger partial charge is 0.385 e. The Labute approximate surface area is 115 Å². The van der Waals surface area contributed by atoms with Crippen LogP contribution in [0, 0.1) is 0 Å². The van der Waals surface area contributed by atoms with E-state index < -0.39 is 0 Å². The van der Waals surface area contributed by atoms with Crippen LogP contribution in [0.25, 0.3) is 0 Å². The second-order valence-electron chi connectivity index (χ2n) is 4.22. The van der Waals surface area contributed by atoms with Crippen molar-refractivity contribution in [1.82, 2.24) is 15.3 Å². The third-order valence-corrected chi connectivity index (χ3v) is 2.72. The molecular weight excluding hydrogens is 244 g/mol. The van der Waals surface area contributed by atoms with Gasteiger partial charge in [-0.1, -0.05) is 0 Å². The van der Waals surface area contributed by atoms with Crippen LogP contribution in [0.5, 0.6) is 0 Å². The molecule has 0 fully saturated rings. The van der Waals surface area contributed by atoms with Gasteiger partial charge in [-0.05, 0) is 13.5 Å². The highest BCUT2D eigenvalue weighted by molar-refractivity contribution is 5.35. The first-order valence-corrected chi connectivity index (χ1v) is 6.50. The standard InChI is InChI=1S/C13H24N4O2/c1-14-9-12-10-16-13(11-15-12)17(6-8-19-3)5-4-7-18-2/h10-11,14H,4-9H2,1-3H3. The minimum Gasteiger partial charge on any atom is -0.385 e. The monoisotopic (exact) mass is 268 g/mol. The first-order chi connectivity index (χ1) is 9.31. The summed E-state index contributed by atoms with van der Waals surface area (Å²) < 4.78 is 10.2. The van der Waals surface area contributed by atoms with E-state index in [4.69, 9.17) is 9.47 Å². The summed E-state index contributed by atoms with van der Waals surface area (Å²) in [5, 5.41) is 3.06. The predicted molar refractivity (Wildman–Crippen MR) is 75.4 cm³/mol. The molecule has 1 aromatic rings. The Hall–Kier alpha value is -1.24. The molecule has 19 heavy (non-hydrogen) atoms. The van der Waals surface area contributed by atoms with Crippen molar-refractivity contribution in [2.45, 2.75) is 13.0 Å². The minimum absolute atomic E-state index is 0.674. The SMILES string of the molecule is CNCc1cnc(N(CCCOC)CCOC)cn1. The van der Waals surface area contributed by atoms with E-state index in [2.05, 4.69) is 20.2 Å². The Bertz CT molecular complexity index is 332. The van der Waals surface area contributed by atoms with E-state index in [1.54, 1.807) is 14.2 Å². The lowest BCUT2D eigenvalue weighted by atomic mass is 10.3. The molecule has 0 aliphatic carbocycles. The molecule has 0 unspecified atom stereocenters. The van der Waals surface area contributed by atoms with Crippen LogP contribution in [-0.2, 0) is 16.0 Å². The highest BCUT2D eigenvalue weighted by Crippen LogP contribution is 2.09. The summed E-state index contributed by atoms with van der Waals surface area (Å²) in [6, 6.07) is 0. The fourth-order valence-corrected chi connectivity index (χ4v) is 1.73. The normalized spacial score (nSPS) is 10.7. The third-order valence-electron chi connectivity index (χ3n) is 2.72. The molecule has 0 aromatic carbocycles. The van der Waals surface area contributed by atoms with Crippen LogP contribution in [0.3, 0.4) is 0 Å². The molecule has 0 aliphatic heterocycles. The summed E-state index contributed by atoms with van der Waals surface area (Å²) in [5.74, 6) is 0.882. The van der Waals surface area contributed by atoms with Crippen molar-refractivity contribution in [3.63, 3.8) is 0 Å². The van der Waals surface area contributed by atoms with E-state index >= 15 is 0 Å². The number of anilines is 1. The molecule has 6 nitrogen and oxygen atoms in total. The smallest absolute Gasteiger partial charge is 0.147 e. The van der Waals surface area contributed by atoms with Gasteiger partial charge < -0.3 is 19.7 Å². The van der Waals surface area contributed by atoms with Crippen molar-refractivity contribution in [1.29, 1.82) is 0 Å². The summed E-state index contributed by atoms with van der Waals surface area (Å²) in [7, 11) is 5.31. The zero-order valence-electron chi connectivity index (χ0n) is 12.1. The van der Waals surface area contributed by atoms with Crippen LogP contribution < -0.4 is 10.2 Å². The van der Waals surface area contributed by atoms with Crippen LogP contribution in [0.15, 0.2) is 12.4 Å². The average molecular weight is 268 g/mol. The van der Waals surface area contributed by atoms with Crippen LogP contribution in [0.2, 0.25) is 0 Å². The zero-order chi connectivity index (χ0) is 13.9. The van der Waals surface area contributed by atoms with Crippen LogP contribution >= 0.6 is 0 Å². The molecular formula is C13H24N4O2. The second kappa shape index (κ2) is 9.66. The summed E-state index contributed by atoms with van der Waals surface area (Å²) in [6.45, 7) is 3.84. The van der Waals surface area contributed by atoms with Gasteiger partial charge in [-0.3, -0.25) is 4.98 Å². The maximum Gasteiger partial charge on any atom is 0.147 e. The van der Waals surface area contributed by atoms with Crippen LogP contribution in [0.4, 0.5) is 5.82 Å². The number of methoxy groups -OCH3 is 2. The van der Waals surface area contributed by atoms with Crippen molar-refractivity contribution in [3.05, 3.63) is 18.1 Å². The summed E-state index contributed by atoms with van der Waals surface area (Å²) >= 11 is 0. The molecule has 0 bridgehead atoms. The molecule has 6 heteroatoms. The van der Waals surface area contributed by atoms with Crippen LogP contribution in [0.1, 0.15) is 12.1 Å². The van der Waals surface area contributed by atoms with Gasteiger partial charge in [0.25, 0.3) is 0 Å². The average Bonchev–Trinajstić information content (AvgIpc) is 2.44. The van der Waals surface area contributed by atoms with Crippen molar-refractivity contribution in [3.8, 4) is 0 Å². The molecule has 0 radical (unpaired) electrons. The van der Waals surface area contributed by atoms with Gasteiger partial charge in [-0.2, -0.15) is 0 Å². The van der Waals surface area contributed by atoms with Crippen molar-refractivity contribution in [2.75, 3.05) is 52.5 Å². The molecule has 108 valence electrons. The lowest BCUT2D eigenvalue weighted by Gasteiger charge is -2.23. The number of hydrogen-bond donors (Lipinski definition) is 1. The van der Waals surface area contributed by atoms with E-state index in [1.807, 2.05) is 19.4 Å². The summed E-state index contributed by atoms with van der Waals surface area (Å²) in [5.41, 5.74) is 0.940. The summed E-state index contributed by atoms with van der Waals surface area (Å²) in [4.78, 5) is 11.0. The van der Waals surface area contributed by atoms with Gasteiger partial charge in [0.1, 0.15) is 5.82 Å².